The first-order chi connectivity index (χ1) is 4.91. The average Bonchev–Trinajstić information content (AvgIpc) is 2.14. The molecule has 0 aliphatic heterocycles. The summed E-state index contributed by atoms with van der Waals surface area (Å²) >= 11 is 0. The van der Waals surface area contributed by atoms with Crippen LogP contribution in [0.1, 0.15) is 55.9 Å². The Hall–Kier alpha value is 0.648. The zero-order valence-electron chi connectivity index (χ0n) is 9.52. The molecule has 0 aliphatic carbocycles. The average molecular weight is 350 g/mol. The van der Waals surface area contributed by atoms with Crippen LogP contribution in [0.15, 0.2) is 0 Å². The zero-order valence-corrected chi connectivity index (χ0v) is 12.5. The Morgan fingerprint density at radius 1 is 0.833 bits per heavy atom. The van der Waals surface area contributed by atoms with Crippen molar-refractivity contribution in [1.29, 1.82) is 0 Å². The van der Waals surface area contributed by atoms with Crippen molar-refractivity contribution in [1.82, 2.24) is 0 Å². The van der Waals surface area contributed by atoms with Crippen molar-refractivity contribution in [3.05, 3.63) is 0 Å². The van der Waals surface area contributed by atoms with Crippen LogP contribution in [0.2, 0.25) is 0 Å². The molecule has 12 heavy (non-hydrogen) atoms. The summed E-state index contributed by atoms with van der Waals surface area (Å²) in [6, 6.07) is 0. The van der Waals surface area contributed by atoms with E-state index in [1.807, 2.05) is 48.5 Å². The number of methoxy groups -OCH3 is 1. The third-order valence-corrected chi connectivity index (χ3v) is 0.289. The van der Waals surface area contributed by atoms with Crippen molar-refractivity contribution in [3.8, 4) is 0 Å². The Labute approximate surface area is 95.5 Å². The van der Waals surface area contributed by atoms with Crippen molar-refractivity contribution >= 4 is 0 Å². The van der Waals surface area contributed by atoms with Gasteiger partial charge in [-0.05, 0) is 6.92 Å². The molecule has 0 aliphatic rings. The number of rotatable bonds is 1. The minimum absolute atomic E-state index is 0. The molecular weight excluding hydrogens is 320 g/mol. The van der Waals surface area contributed by atoms with E-state index < -0.39 is 0 Å². The van der Waals surface area contributed by atoms with Gasteiger partial charge in [-0.25, -0.2) is 0 Å². The largest absolute Gasteiger partial charge is 0.385 e. The normalized spacial score (nSPS) is 4.00. The Kier molecular flexibility index (Phi) is 609. The van der Waals surface area contributed by atoms with E-state index in [2.05, 4.69) is 4.74 Å². The molecule has 0 atom stereocenters. The summed E-state index contributed by atoms with van der Waals surface area (Å²) in [5, 5.41) is 0. The van der Waals surface area contributed by atoms with E-state index in [0.29, 0.717) is 0 Å². The molecule has 0 fully saturated rings. The second-order valence-corrected chi connectivity index (χ2v) is 0.577. The Morgan fingerprint density at radius 3 is 0.917 bits per heavy atom. The van der Waals surface area contributed by atoms with Crippen molar-refractivity contribution in [2.75, 3.05) is 13.7 Å². The van der Waals surface area contributed by atoms with E-state index in [0.717, 1.165) is 6.61 Å². The summed E-state index contributed by atoms with van der Waals surface area (Å²) in [5.74, 6) is 0. The van der Waals surface area contributed by atoms with Crippen LogP contribution in [0.4, 0.5) is 0 Å². The van der Waals surface area contributed by atoms with Crippen molar-refractivity contribution in [2.45, 2.75) is 55.9 Å². The smallest absolute Gasteiger partial charge is 0.0433 e. The number of hydrogen-bond donors (Lipinski definition) is 0. The molecule has 0 unspecified atom stereocenters. The zero-order chi connectivity index (χ0) is 9.41. The van der Waals surface area contributed by atoms with Gasteiger partial charge in [-0.3, -0.25) is 0 Å². The van der Waals surface area contributed by atoms with E-state index in [1.54, 1.807) is 7.11 Å². The summed E-state index contributed by atoms with van der Waals surface area (Å²) in [4.78, 5) is 0. The van der Waals surface area contributed by atoms with Gasteiger partial charge in [0.2, 0.25) is 0 Å². The van der Waals surface area contributed by atoms with Gasteiger partial charge >= 0.3 is 0 Å². The van der Waals surface area contributed by atoms with E-state index in [-0.39, 0.29) is 28.5 Å². The molecule has 0 aromatic rings. The van der Waals surface area contributed by atoms with Crippen LogP contribution in [0.3, 0.4) is 0 Å². The maximum Gasteiger partial charge on any atom is 0.0433 e. The monoisotopic (exact) mass is 350 g/mol. The first-order valence-electron chi connectivity index (χ1n) is 4.40. The summed E-state index contributed by atoms with van der Waals surface area (Å²) in [7, 11) is 1.68. The predicted molar refractivity (Wildman–Crippen MR) is 58.3 cm³/mol. The van der Waals surface area contributed by atoms with Gasteiger partial charge < -0.3 is 4.74 Å². The standard InChI is InChI=1S/C3H8O.3C2H6.CH4.W/c1-3-4-2;3*1-2;;/h3H2,1-2H3;3*1-2H3;1H4;. The molecule has 2 heteroatoms. The molecule has 0 aromatic carbocycles. The number of ether oxygens (including phenoxy) is 1. The molecule has 0 radical (unpaired) electrons. The van der Waals surface area contributed by atoms with Gasteiger partial charge in [0, 0.05) is 34.8 Å². The van der Waals surface area contributed by atoms with Gasteiger partial charge in [0.05, 0.1) is 0 Å². The maximum atomic E-state index is 4.54. The molecule has 1 nitrogen and oxygen atoms in total. The van der Waals surface area contributed by atoms with Gasteiger partial charge in [-0.2, -0.15) is 0 Å². The third-order valence-electron chi connectivity index (χ3n) is 0.289. The van der Waals surface area contributed by atoms with Crippen molar-refractivity contribution in [2.24, 2.45) is 0 Å². The van der Waals surface area contributed by atoms with Crippen LogP contribution >= 0.6 is 0 Å². The Balaban J connectivity index is -0.0000000101. The molecule has 0 bridgehead atoms. The molecule has 0 rings (SSSR count). The molecule has 0 saturated carbocycles. The number of hydrogen-bond acceptors (Lipinski definition) is 1. The molecule has 0 heterocycles. The van der Waals surface area contributed by atoms with Crippen LogP contribution in [0.25, 0.3) is 0 Å². The van der Waals surface area contributed by atoms with Crippen molar-refractivity contribution in [3.63, 3.8) is 0 Å². The molecule has 82 valence electrons. The minimum atomic E-state index is 0. The first kappa shape index (κ1) is 38.8. The predicted octanol–water partition coefficient (Wildman–Crippen LogP) is 4.36. The molecule has 0 N–H and O–H groups in total. The van der Waals surface area contributed by atoms with Crippen LogP contribution in [0.5, 0.6) is 0 Å². The van der Waals surface area contributed by atoms with E-state index in [4.69, 9.17) is 0 Å². The quantitative estimate of drug-likeness (QED) is 0.683. The molecule has 0 spiro atoms. The fourth-order valence-electron chi connectivity index (χ4n) is 0. The van der Waals surface area contributed by atoms with Crippen LogP contribution in [0, 0.1) is 0 Å². The third kappa shape index (κ3) is 365. The topological polar surface area (TPSA) is 9.23 Å². The van der Waals surface area contributed by atoms with Gasteiger partial charge in [-0.15, -0.1) is 0 Å². The first-order valence-corrected chi connectivity index (χ1v) is 4.40. The fraction of sp³-hybridized carbons (Fsp3) is 1.00. The van der Waals surface area contributed by atoms with E-state index >= 15 is 0 Å². The van der Waals surface area contributed by atoms with E-state index in [1.165, 1.54) is 0 Å². The summed E-state index contributed by atoms with van der Waals surface area (Å²) in [5.41, 5.74) is 0. The second kappa shape index (κ2) is 188. The van der Waals surface area contributed by atoms with Gasteiger partial charge in [0.15, 0.2) is 0 Å². The van der Waals surface area contributed by atoms with Crippen LogP contribution in [-0.2, 0) is 25.8 Å². The summed E-state index contributed by atoms with van der Waals surface area (Å²) in [6.07, 6.45) is 0. The van der Waals surface area contributed by atoms with Gasteiger partial charge in [0.25, 0.3) is 0 Å². The fourth-order valence-corrected chi connectivity index (χ4v) is 0. The molecule has 0 saturated heterocycles. The molecule has 0 amide bonds. The minimum Gasteiger partial charge on any atom is -0.385 e. The molecule has 0 aromatic heterocycles. The maximum absolute atomic E-state index is 4.54. The summed E-state index contributed by atoms with van der Waals surface area (Å²) in [6.45, 7) is 14.8. The van der Waals surface area contributed by atoms with Crippen LogP contribution in [-0.4, -0.2) is 13.7 Å². The van der Waals surface area contributed by atoms with Crippen molar-refractivity contribution < 1.29 is 25.8 Å². The summed E-state index contributed by atoms with van der Waals surface area (Å²) < 4.78 is 4.54. The van der Waals surface area contributed by atoms with Gasteiger partial charge in [0.1, 0.15) is 0 Å². The van der Waals surface area contributed by atoms with Gasteiger partial charge in [-0.1, -0.05) is 49.0 Å². The molecular formula is C10H30OW. The SMILES string of the molecule is C.CC.CC.CC.CCOC.[W]. The Morgan fingerprint density at radius 2 is 0.917 bits per heavy atom. The van der Waals surface area contributed by atoms with E-state index in [9.17, 15) is 0 Å². The van der Waals surface area contributed by atoms with Crippen LogP contribution < -0.4 is 0 Å². The Bertz CT molecular complexity index is 11.8. The second-order valence-electron chi connectivity index (χ2n) is 0.577.